The van der Waals surface area contributed by atoms with Gasteiger partial charge in [-0.05, 0) is 55.7 Å². The van der Waals surface area contributed by atoms with Gasteiger partial charge in [0, 0.05) is 43.0 Å². The molecule has 0 saturated carbocycles. The second kappa shape index (κ2) is 10.7. The van der Waals surface area contributed by atoms with Gasteiger partial charge in [-0.15, -0.1) is 0 Å². The maximum absolute atomic E-state index is 12.7. The van der Waals surface area contributed by atoms with Crippen molar-refractivity contribution < 1.29 is 22.8 Å². The monoisotopic (exact) mass is 468 g/mol. The third kappa shape index (κ3) is 6.59. The van der Waals surface area contributed by atoms with Crippen LogP contribution in [0.15, 0.2) is 42.6 Å². The summed E-state index contributed by atoms with van der Waals surface area (Å²) in [6, 6.07) is 8.92. The highest BCUT2D eigenvalue weighted by molar-refractivity contribution is 6.30. The van der Waals surface area contributed by atoms with E-state index in [1.165, 1.54) is 6.07 Å². The molecule has 0 spiro atoms. The zero-order valence-corrected chi connectivity index (χ0v) is 18.0. The molecule has 172 valence electrons. The van der Waals surface area contributed by atoms with Gasteiger partial charge >= 0.3 is 6.18 Å². The van der Waals surface area contributed by atoms with Crippen molar-refractivity contribution in [1.82, 2.24) is 15.2 Å². The number of rotatable bonds is 7. The van der Waals surface area contributed by atoms with Crippen molar-refractivity contribution in [1.29, 1.82) is 0 Å². The minimum absolute atomic E-state index is 0.105. The van der Waals surface area contributed by atoms with E-state index >= 15 is 0 Å². The number of carbonyl (C=O) groups excluding carboxylic acids is 2. The number of anilines is 1. The van der Waals surface area contributed by atoms with E-state index in [9.17, 15) is 22.8 Å². The molecule has 1 aliphatic heterocycles. The molecule has 1 atom stereocenters. The molecule has 0 radical (unpaired) electrons. The number of carbonyl (C=O) groups is 2. The highest BCUT2D eigenvalue weighted by Crippen LogP contribution is 2.28. The van der Waals surface area contributed by atoms with Crippen molar-refractivity contribution in [2.75, 3.05) is 31.5 Å². The summed E-state index contributed by atoms with van der Waals surface area (Å²) >= 11 is 5.87. The Morgan fingerprint density at radius 3 is 2.53 bits per heavy atom. The summed E-state index contributed by atoms with van der Waals surface area (Å²) in [5, 5.41) is 6.36. The lowest BCUT2D eigenvalue weighted by atomic mass is 9.96. The number of halogens is 4. The van der Waals surface area contributed by atoms with Gasteiger partial charge in [-0.1, -0.05) is 11.6 Å². The van der Waals surface area contributed by atoms with Crippen molar-refractivity contribution in [3.63, 3.8) is 0 Å². The van der Waals surface area contributed by atoms with Gasteiger partial charge in [0.25, 0.3) is 5.91 Å². The molecular formula is C22H24ClF3N4O2. The molecule has 2 aromatic rings. The predicted octanol–water partition coefficient (Wildman–Crippen LogP) is 4.22. The Kier molecular flexibility index (Phi) is 7.95. The van der Waals surface area contributed by atoms with Gasteiger partial charge in [-0.25, -0.2) is 4.98 Å². The number of piperidine rings is 1. The van der Waals surface area contributed by atoms with Crippen LogP contribution in [0.1, 0.15) is 35.2 Å². The van der Waals surface area contributed by atoms with Crippen molar-refractivity contribution in [3.8, 4) is 0 Å². The smallest absolute Gasteiger partial charge is 0.370 e. The van der Waals surface area contributed by atoms with Gasteiger partial charge in [0.15, 0.2) is 0 Å². The zero-order chi connectivity index (χ0) is 23.1. The maximum atomic E-state index is 12.7. The van der Waals surface area contributed by atoms with E-state index in [-0.39, 0.29) is 17.7 Å². The van der Waals surface area contributed by atoms with Gasteiger partial charge in [-0.3, -0.25) is 9.59 Å². The first kappa shape index (κ1) is 23.8. The topological polar surface area (TPSA) is 74.3 Å². The van der Waals surface area contributed by atoms with Crippen LogP contribution in [0, 0.1) is 5.92 Å². The van der Waals surface area contributed by atoms with Crippen molar-refractivity contribution in [3.05, 3.63) is 58.7 Å². The highest BCUT2D eigenvalue weighted by atomic mass is 35.5. The van der Waals surface area contributed by atoms with Crippen LogP contribution >= 0.6 is 11.6 Å². The third-order valence-electron chi connectivity index (χ3n) is 5.22. The normalized spacial score (nSPS) is 16.5. The number of benzene rings is 1. The number of hydrogen-bond acceptors (Lipinski definition) is 4. The molecule has 2 amide bonds. The molecule has 10 heteroatoms. The minimum atomic E-state index is -4.41. The van der Waals surface area contributed by atoms with Crippen molar-refractivity contribution in [2.24, 2.45) is 5.92 Å². The molecule has 1 aromatic carbocycles. The lowest BCUT2D eigenvalue weighted by Gasteiger charge is -2.32. The molecular weight excluding hydrogens is 445 g/mol. The first-order chi connectivity index (χ1) is 15.2. The van der Waals surface area contributed by atoms with Crippen LogP contribution in [0.5, 0.6) is 0 Å². The maximum Gasteiger partial charge on any atom is 0.417 e. The fourth-order valence-electron chi connectivity index (χ4n) is 3.48. The van der Waals surface area contributed by atoms with Gasteiger partial charge in [0.05, 0.1) is 11.5 Å². The summed E-state index contributed by atoms with van der Waals surface area (Å²) in [6.45, 7) is 1.83. The van der Waals surface area contributed by atoms with E-state index in [1.54, 1.807) is 29.2 Å². The van der Waals surface area contributed by atoms with Crippen LogP contribution in [0.2, 0.25) is 5.02 Å². The fraction of sp³-hybridized carbons (Fsp3) is 0.409. The fourth-order valence-corrected chi connectivity index (χ4v) is 3.60. The van der Waals surface area contributed by atoms with Gasteiger partial charge in [0.2, 0.25) is 5.91 Å². The second-order valence-electron chi connectivity index (χ2n) is 7.60. The lowest BCUT2D eigenvalue weighted by Crippen LogP contribution is -2.45. The summed E-state index contributed by atoms with van der Waals surface area (Å²) in [7, 11) is 0. The van der Waals surface area contributed by atoms with Crippen LogP contribution in [0.25, 0.3) is 0 Å². The first-order valence-corrected chi connectivity index (χ1v) is 10.7. The minimum Gasteiger partial charge on any atom is -0.370 e. The number of aromatic nitrogens is 1. The molecule has 2 heterocycles. The summed E-state index contributed by atoms with van der Waals surface area (Å²) in [4.78, 5) is 30.6. The molecule has 2 N–H and O–H groups in total. The lowest BCUT2D eigenvalue weighted by molar-refractivity contribution is -0.137. The van der Waals surface area contributed by atoms with Gasteiger partial charge < -0.3 is 15.5 Å². The summed E-state index contributed by atoms with van der Waals surface area (Å²) in [5.74, 6) is -0.156. The van der Waals surface area contributed by atoms with Crippen LogP contribution < -0.4 is 10.6 Å². The second-order valence-corrected chi connectivity index (χ2v) is 8.03. The SMILES string of the molecule is O=C(NCCCNc1ccc(C(F)(F)F)cn1)[C@H]1CCCN(C(=O)c2ccc(Cl)cc2)C1. The number of nitrogens with zero attached hydrogens (tertiary/aromatic N) is 2. The zero-order valence-electron chi connectivity index (χ0n) is 17.3. The Bertz CT molecular complexity index is 920. The summed E-state index contributed by atoms with van der Waals surface area (Å²) in [6.07, 6.45) is -1.59. The predicted molar refractivity (Wildman–Crippen MR) is 115 cm³/mol. The largest absolute Gasteiger partial charge is 0.417 e. The Morgan fingerprint density at radius 2 is 1.88 bits per heavy atom. The van der Waals surface area contributed by atoms with Crippen LogP contribution in [0.3, 0.4) is 0 Å². The molecule has 3 rings (SSSR count). The number of likely N-dealkylation sites (tertiary alicyclic amines) is 1. The van der Waals surface area contributed by atoms with Crippen LogP contribution in [-0.4, -0.2) is 47.9 Å². The average Bonchev–Trinajstić information content (AvgIpc) is 2.78. The molecule has 1 fully saturated rings. The summed E-state index contributed by atoms with van der Waals surface area (Å²) in [5.41, 5.74) is -0.259. The third-order valence-corrected chi connectivity index (χ3v) is 5.47. The molecule has 1 aliphatic rings. The van der Waals surface area contributed by atoms with E-state index in [0.29, 0.717) is 55.4 Å². The van der Waals surface area contributed by atoms with E-state index < -0.39 is 11.7 Å². The molecule has 1 saturated heterocycles. The number of nitrogens with one attached hydrogen (secondary N) is 2. The van der Waals surface area contributed by atoms with Gasteiger partial charge in [-0.2, -0.15) is 13.2 Å². The molecule has 32 heavy (non-hydrogen) atoms. The molecule has 0 unspecified atom stereocenters. The Hall–Kier alpha value is -2.81. The van der Waals surface area contributed by atoms with E-state index in [4.69, 9.17) is 11.6 Å². The van der Waals surface area contributed by atoms with Crippen LogP contribution in [0.4, 0.5) is 19.0 Å². The average molecular weight is 469 g/mol. The molecule has 0 aliphatic carbocycles. The molecule has 1 aromatic heterocycles. The van der Waals surface area contributed by atoms with E-state index in [0.717, 1.165) is 18.7 Å². The highest BCUT2D eigenvalue weighted by Gasteiger charge is 2.31. The number of alkyl halides is 3. The first-order valence-electron chi connectivity index (χ1n) is 10.3. The Morgan fingerprint density at radius 1 is 1.12 bits per heavy atom. The van der Waals surface area contributed by atoms with Crippen molar-refractivity contribution >= 4 is 29.2 Å². The van der Waals surface area contributed by atoms with Crippen LogP contribution in [-0.2, 0) is 11.0 Å². The van der Waals surface area contributed by atoms with E-state index in [1.807, 2.05) is 0 Å². The Labute approximate surface area is 189 Å². The molecule has 6 nitrogen and oxygen atoms in total. The quantitative estimate of drug-likeness (QED) is 0.596. The number of hydrogen-bond donors (Lipinski definition) is 2. The van der Waals surface area contributed by atoms with Crippen molar-refractivity contribution in [2.45, 2.75) is 25.4 Å². The number of pyridine rings is 1. The molecule has 0 bridgehead atoms. The summed E-state index contributed by atoms with van der Waals surface area (Å²) < 4.78 is 37.6. The Balaban J connectivity index is 1.39. The standard InChI is InChI=1S/C22H24ClF3N4O2/c23-18-7-4-15(5-8-18)21(32)30-12-1-3-16(14-30)20(31)28-11-2-10-27-19-9-6-17(13-29-19)22(24,25)26/h4-9,13,16H,1-3,10-12,14H2,(H,27,29)(H,28,31)/t16-/m0/s1. The van der Waals surface area contributed by atoms with Gasteiger partial charge in [0.1, 0.15) is 5.82 Å². The van der Waals surface area contributed by atoms with E-state index in [2.05, 4.69) is 15.6 Å². The number of amides is 2.